The van der Waals surface area contributed by atoms with E-state index in [4.69, 9.17) is 17.3 Å². The molecule has 1 aromatic carbocycles. The van der Waals surface area contributed by atoms with Crippen molar-refractivity contribution in [2.75, 3.05) is 5.73 Å². The summed E-state index contributed by atoms with van der Waals surface area (Å²) in [5, 5.41) is 0.0784. The first-order chi connectivity index (χ1) is 8.56. The second-order valence-corrected chi connectivity index (χ2v) is 4.93. The van der Waals surface area contributed by atoms with Gasteiger partial charge in [-0.05, 0) is 12.0 Å². The van der Waals surface area contributed by atoms with E-state index in [-0.39, 0.29) is 5.02 Å². The van der Waals surface area contributed by atoms with Crippen molar-refractivity contribution in [1.82, 2.24) is 9.55 Å². The van der Waals surface area contributed by atoms with Crippen molar-refractivity contribution in [3.63, 3.8) is 0 Å². The van der Waals surface area contributed by atoms with Gasteiger partial charge in [-0.3, -0.25) is 0 Å². The summed E-state index contributed by atoms with van der Waals surface area (Å²) in [6.45, 7) is 5.04. The van der Waals surface area contributed by atoms with Gasteiger partial charge in [0.15, 0.2) is 0 Å². The number of nitrogens with two attached hydrogens (primary N) is 1. The summed E-state index contributed by atoms with van der Waals surface area (Å²) in [5.74, 6) is 0.497. The van der Waals surface area contributed by atoms with Crippen molar-refractivity contribution in [3.8, 4) is 0 Å². The summed E-state index contributed by atoms with van der Waals surface area (Å²) in [6, 6.07) is 2.93. The van der Waals surface area contributed by atoms with Gasteiger partial charge in [0.1, 0.15) is 5.82 Å². The molecule has 98 valence electrons. The number of benzene rings is 1. The molecule has 0 radical (unpaired) electrons. The molecule has 0 aliphatic carbocycles. The first-order valence-electron chi connectivity index (χ1n) is 6.17. The third-order valence-corrected chi connectivity index (χ3v) is 3.70. The quantitative estimate of drug-likeness (QED) is 0.916. The van der Waals surface area contributed by atoms with Gasteiger partial charge in [-0.1, -0.05) is 38.3 Å². The van der Waals surface area contributed by atoms with E-state index in [0.717, 1.165) is 19.4 Å². The lowest BCUT2D eigenvalue weighted by Gasteiger charge is -2.14. The van der Waals surface area contributed by atoms with Gasteiger partial charge in [-0.25, -0.2) is 9.37 Å². The standard InChI is InChI=1S/C13H17ClFN3/c1-3-8(4-2)7-18-12-6-10(15)9(14)5-11(12)17-13(18)16/h5-6,8H,3-4,7H2,1-2H3,(H2,16,17). The van der Waals surface area contributed by atoms with Gasteiger partial charge >= 0.3 is 0 Å². The van der Waals surface area contributed by atoms with E-state index in [0.29, 0.717) is 22.9 Å². The molecule has 1 heterocycles. The minimum absolute atomic E-state index is 0.0784. The molecule has 2 N–H and O–H groups in total. The van der Waals surface area contributed by atoms with Crippen LogP contribution in [0.3, 0.4) is 0 Å². The first kappa shape index (κ1) is 13.1. The highest BCUT2D eigenvalue weighted by Gasteiger charge is 2.14. The van der Waals surface area contributed by atoms with Gasteiger partial charge in [0.05, 0.1) is 16.1 Å². The minimum Gasteiger partial charge on any atom is -0.369 e. The van der Waals surface area contributed by atoms with Gasteiger partial charge in [0.25, 0.3) is 0 Å². The molecule has 0 unspecified atom stereocenters. The summed E-state index contributed by atoms with van der Waals surface area (Å²) in [4.78, 5) is 4.23. The number of hydrogen-bond donors (Lipinski definition) is 1. The fourth-order valence-corrected chi connectivity index (χ4v) is 2.29. The monoisotopic (exact) mass is 269 g/mol. The minimum atomic E-state index is -0.435. The van der Waals surface area contributed by atoms with Crippen LogP contribution in [0.15, 0.2) is 12.1 Å². The van der Waals surface area contributed by atoms with Crippen LogP contribution in [0.2, 0.25) is 5.02 Å². The molecule has 0 bridgehead atoms. The number of rotatable bonds is 4. The van der Waals surface area contributed by atoms with Crippen molar-refractivity contribution in [3.05, 3.63) is 23.0 Å². The number of aromatic nitrogens is 2. The van der Waals surface area contributed by atoms with Crippen LogP contribution in [0.5, 0.6) is 0 Å². The van der Waals surface area contributed by atoms with E-state index in [1.165, 1.54) is 12.1 Å². The van der Waals surface area contributed by atoms with Crippen molar-refractivity contribution < 1.29 is 4.39 Å². The lowest BCUT2D eigenvalue weighted by atomic mass is 10.0. The van der Waals surface area contributed by atoms with E-state index in [1.807, 2.05) is 4.57 Å². The SMILES string of the molecule is CCC(CC)Cn1c(N)nc2cc(Cl)c(F)cc21. The predicted molar refractivity (Wildman–Crippen MR) is 73.2 cm³/mol. The van der Waals surface area contributed by atoms with Gasteiger partial charge in [-0.15, -0.1) is 0 Å². The second kappa shape index (κ2) is 5.14. The Labute approximate surface area is 111 Å². The molecule has 2 aromatic rings. The Morgan fingerprint density at radius 2 is 2.06 bits per heavy atom. The fourth-order valence-electron chi connectivity index (χ4n) is 2.14. The number of nitrogens with zero attached hydrogens (tertiary/aromatic N) is 2. The maximum atomic E-state index is 13.5. The lowest BCUT2D eigenvalue weighted by molar-refractivity contribution is 0.427. The highest BCUT2D eigenvalue weighted by Crippen LogP contribution is 2.26. The fraction of sp³-hybridized carbons (Fsp3) is 0.462. The molecule has 0 fully saturated rings. The second-order valence-electron chi connectivity index (χ2n) is 4.52. The topological polar surface area (TPSA) is 43.8 Å². The maximum Gasteiger partial charge on any atom is 0.201 e. The largest absolute Gasteiger partial charge is 0.369 e. The molecule has 0 aliphatic heterocycles. The maximum absolute atomic E-state index is 13.5. The molecule has 18 heavy (non-hydrogen) atoms. The first-order valence-corrected chi connectivity index (χ1v) is 6.55. The molecule has 0 amide bonds. The van der Waals surface area contributed by atoms with Gasteiger partial charge in [0, 0.05) is 12.6 Å². The van der Waals surface area contributed by atoms with Crippen molar-refractivity contribution in [1.29, 1.82) is 0 Å². The molecule has 0 atom stereocenters. The van der Waals surface area contributed by atoms with Crippen molar-refractivity contribution >= 4 is 28.6 Å². The number of fused-ring (bicyclic) bond motifs is 1. The predicted octanol–water partition coefficient (Wildman–Crippen LogP) is 3.85. The van der Waals surface area contributed by atoms with E-state index >= 15 is 0 Å². The average Bonchev–Trinajstić information content (AvgIpc) is 2.63. The van der Waals surface area contributed by atoms with Gasteiger partial charge in [-0.2, -0.15) is 0 Å². The number of halogens is 2. The van der Waals surface area contributed by atoms with E-state index in [2.05, 4.69) is 18.8 Å². The summed E-state index contributed by atoms with van der Waals surface area (Å²) in [6.07, 6.45) is 2.12. The van der Waals surface area contributed by atoms with Gasteiger partial charge in [0.2, 0.25) is 5.95 Å². The molecular weight excluding hydrogens is 253 g/mol. The Bertz CT molecular complexity index is 561. The highest BCUT2D eigenvalue weighted by atomic mass is 35.5. The van der Waals surface area contributed by atoms with Crippen molar-refractivity contribution in [2.45, 2.75) is 33.2 Å². The summed E-state index contributed by atoms with van der Waals surface area (Å²) in [7, 11) is 0. The van der Waals surface area contributed by atoms with Crippen LogP contribution >= 0.6 is 11.6 Å². The molecule has 0 aliphatic rings. The molecule has 3 nitrogen and oxygen atoms in total. The van der Waals surface area contributed by atoms with Gasteiger partial charge < -0.3 is 10.3 Å². The lowest BCUT2D eigenvalue weighted by Crippen LogP contribution is -2.11. The summed E-state index contributed by atoms with van der Waals surface area (Å²) in [5.41, 5.74) is 7.25. The molecule has 1 aromatic heterocycles. The summed E-state index contributed by atoms with van der Waals surface area (Å²) < 4.78 is 15.4. The molecule has 5 heteroatoms. The van der Waals surface area contributed by atoms with Crippen LogP contribution in [0.4, 0.5) is 10.3 Å². The zero-order valence-electron chi connectivity index (χ0n) is 10.6. The van der Waals surface area contributed by atoms with Crippen molar-refractivity contribution in [2.24, 2.45) is 5.92 Å². The Morgan fingerprint density at radius 3 is 2.67 bits per heavy atom. The zero-order valence-corrected chi connectivity index (χ0v) is 11.3. The van der Waals surface area contributed by atoms with E-state index < -0.39 is 5.82 Å². The van der Waals surface area contributed by atoms with Crippen LogP contribution < -0.4 is 5.73 Å². The molecule has 0 saturated carbocycles. The zero-order chi connectivity index (χ0) is 13.3. The smallest absolute Gasteiger partial charge is 0.201 e. The molecule has 2 rings (SSSR count). The van der Waals surface area contributed by atoms with Crippen LogP contribution in [0.25, 0.3) is 11.0 Å². The number of nitrogen functional groups attached to an aromatic ring is 1. The Kier molecular flexibility index (Phi) is 3.76. The highest BCUT2D eigenvalue weighted by molar-refractivity contribution is 6.31. The summed E-state index contributed by atoms with van der Waals surface area (Å²) >= 11 is 5.74. The van der Waals surface area contributed by atoms with Crippen LogP contribution in [0.1, 0.15) is 26.7 Å². The third-order valence-electron chi connectivity index (χ3n) is 3.42. The molecular formula is C13H17ClFN3. The Balaban J connectivity index is 2.49. The number of hydrogen-bond acceptors (Lipinski definition) is 2. The van der Waals surface area contributed by atoms with E-state index in [9.17, 15) is 4.39 Å². The van der Waals surface area contributed by atoms with E-state index in [1.54, 1.807) is 0 Å². The number of imidazole rings is 1. The Hall–Kier alpha value is -1.29. The average molecular weight is 270 g/mol. The number of anilines is 1. The van der Waals surface area contributed by atoms with Crippen LogP contribution in [-0.2, 0) is 6.54 Å². The third kappa shape index (κ3) is 2.29. The normalized spacial score (nSPS) is 11.6. The van der Waals surface area contributed by atoms with Crippen LogP contribution in [0, 0.1) is 11.7 Å². The molecule has 0 saturated heterocycles. The molecule has 0 spiro atoms. The van der Waals surface area contributed by atoms with Crippen LogP contribution in [-0.4, -0.2) is 9.55 Å². The Morgan fingerprint density at radius 1 is 1.39 bits per heavy atom.